The van der Waals surface area contributed by atoms with Gasteiger partial charge in [-0.2, -0.15) is 0 Å². The predicted molar refractivity (Wildman–Crippen MR) is 239 cm³/mol. The van der Waals surface area contributed by atoms with E-state index in [1.165, 1.54) is 32.1 Å². The molecule has 0 aromatic heterocycles. The summed E-state index contributed by atoms with van der Waals surface area (Å²) in [6, 6.07) is 0. The lowest BCUT2D eigenvalue weighted by molar-refractivity contribution is -0.220. The van der Waals surface area contributed by atoms with E-state index >= 15 is 0 Å². The normalized spacial score (nSPS) is 23.0. The minimum atomic E-state index is -5.15. The van der Waals surface area contributed by atoms with Gasteiger partial charge in [0.2, 0.25) is 0 Å². The molecule has 6 N–H and O–H groups in total. The van der Waals surface area contributed by atoms with Crippen LogP contribution < -0.4 is 0 Å². The van der Waals surface area contributed by atoms with Gasteiger partial charge < -0.3 is 39.9 Å². The first-order valence-electron chi connectivity index (χ1n) is 22.0. The first kappa shape index (κ1) is 55.8. The number of rotatable bonds is 34. The summed E-state index contributed by atoms with van der Waals surface area (Å²) in [6.45, 7) is 3.03. The molecule has 0 aromatic carbocycles. The van der Waals surface area contributed by atoms with Gasteiger partial charge in [-0.05, 0) is 70.6 Å². The number of carbonyl (C=O) groups is 2. The van der Waals surface area contributed by atoms with E-state index in [1.807, 2.05) is 30.4 Å². The average molecular weight is 879 g/mol. The van der Waals surface area contributed by atoms with Crippen LogP contribution in [0, 0.1) is 0 Å². The molecule has 1 aliphatic carbocycles. The largest absolute Gasteiger partial charge is 0.472 e. The molecule has 0 amide bonds. The molecular formula is C47H75O13P. The van der Waals surface area contributed by atoms with Crippen LogP contribution in [0.2, 0.25) is 0 Å². The van der Waals surface area contributed by atoms with Crippen LogP contribution in [0.1, 0.15) is 129 Å². The lowest BCUT2D eigenvalue weighted by Gasteiger charge is -2.41. The number of hydrogen-bond donors (Lipinski definition) is 6. The van der Waals surface area contributed by atoms with E-state index < -0.39 is 75.7 Å². The summed E-state index contributed by atoms with van der Waals surface area (Å²) in [7, 11) is -5.15. The summed E-state index contributed by atoms with van der Waals surface area (Å²) < 4.78 is 33.3. The second-order valence-corrected chi connectivity index (χ2v) is 16.2. The van der Waals surface area contributed by atoms with Crippen molar-refractivity contribution in [2.24, 2.45) is 0 Å². The SMILES string of the molecule is CC/C=C/C/C=C/C/C=C/C/C=C/C/C=C/C/C=C/CCC(=O)OCC(COP(=O)(O)OC1C(O)C(O)C(O)[C@H](O)C1O)OC(=O)CC/C=C/C/C=C/CCCCCCCC. The Morgan fingerprint density at radius 3 is 1.43 bits per heavy atom. The summed E-state index contributed by atoms with van der Waals surface area (Å²) in [6.07, 6.45) is 35.0. The van der Waals surface area contributed by atoms with Crippen LogP contribution in [0.4, 0.5) is 0 Å². The van der Waals surface area contributed by atoms with E-state index in [2.05, 4.69) is 80.7 Å². The lowest BCUT2D eigenvalue weighted by atomic mass is 9.85. The van der Waals surface area contributed by atoms with Gasteiger partial charge in [0.15, 0.2) is 6.10 Å². The predicted octanol–water partition coefficient (Wildman–Crippen LogP) is 8.27. The van der Waals surface area contributed by atoms with E-state index in [9.17, 15) is 44.6 Å². The van der Waals surface area contributed by atoms with Crippen molar-refractivity contribution >= 4 is 19.8 Å². The van der Waals surface area contributed by atoms with Gasteiger partial charge in [-0.3, -0.25) is 18.6 Å². The topological polar surface area (TPSA) is 210 Å². The van der Waals surface area contributed by atoms with Crippen LogP contribution in [0.25, 0.3) is 0 Å². The fourth-order valence-corrected chi connectivity index (χ4v) is 6.87. The van der Waals surface area contributed by atoms with Gasteiger partial charge in [0.25, 0.3) is 0 Å². The molecule has 346 valence electrons. The van der Waals surface area contributed by atoms with Gasteiger partial charge in [0, 0.05) is 12.8 Å². The second kappa shape index (κ2) is 36.3. The zero-order valence-electron chi connectivity index (χ0n) is 36.4. The Morgan fingerprint density at radius 2 is 0.934 bits per heavy atom. The summed E-state index contributed by atoms with van der Waals surface area (Å²) in [5, 5.41) is 50.1. The molecular weight excluding hydrogens is 803 g/mol. The number of unbranched alkanes of at least 4 members (excludes halogenated alkanes) is 6. The Labute approximate surface area is 364 Å². The van der Waals surface area contributed by atoms with E-state index in [1.54, 1.807) is 0 Å². The number of ether oxygens (including phenoxy) is 2. The number of carbonyl (C=O) groups excluding carboxylic acids is 2. The Balaban J connectivity index is 2.57. The summed E-state index contributed by atoms with van der Waals surface area (Å²) in [5.41, 5.74) is 0. The van der Waals surface area contributed by atoms with Crippen LogP contribution in [-0.2, 0) is 32.7 Å². The summed E-state index contributed by atoms with van der Waals surface area (Å²) in [4.78, 5) is 35.5. The highest BCUT2D eigenvalue weighted by atomic mass is 31.2. The first-order valence-corrected chi connectivity index (χ1v) is 23.5. The number of allylic oxidation sites excluding steroid dienone is 16. The summed E-state index contributed by atoms with van der Waals surface area (Å²) in [5.74, 6) is -1.29. The van der Waals surface area contributed by atoms with Gasteiger partial charge >= 0.3 is 19.8 Å². The van der Waals surface area contributed by atoms with E-state index in [4.69, 9.17) is 18.5 Å². The van der Waals surface area contributed by atoms with Gasteiger partial charge in [-0.25, -0.2) is 4.57 Å². The maximum Gasteiger partial charge on any atom is 0.472 e. The van der Waals surface area contributed by atoms with Crippen molar-refractivity contribution in [1.82, 2.24) is 0 Å². The third kappa shape index (κ3) is 28.9. The highest BCUT2D eigenvalue weighted by Gasteiger charge is 2.51. The van der Waals surface area contributed by atoms with Crippen LogP contribution in [0.3, 0.4) is 0 Å². The molecule has 1 fully saturated rings. The zero-order valence-corrected chi connectivity index (χ0v) is 37.3. The molecule has 61 heavy (non-hydrogen) atoms. The lowest BCUT2D eigenvalue weighted by Crippen LogP contribution is -2.64. The third-order valence-corrected chi connectivity index (χ3v) is 10.4. The van der Waals surface area contributed by atoms with Crippen molar-refractivity contribution in [2.75, 3.05) is 13.2 Å². The number of aliphatic hydroxyl groups is 5. The molecule has 0 radical (unpaired) electrons. The molecule has 1 aliphatic rings. The van der Waals surface area contributed by atoms with Crippen molar-refractivity contribution in [3.05, 3.63) is 97.2 Å². The molecule has 7 unspecified atom stereocenters. The highest BCUT2D eigenvalue weighted by molar-refractivity contribution is 7.47. The number of phosphoric acid groups is 1. The van der Waals surface area contributed by atoms with E-state index in [0.29, 0.717) is 19.3 Å². The third-order valence-electron chi connectivity index (χ3n) is 9.44. The van der Waals surface area contributed by atoms with Crippen LogP contribution in [-0.4, -0.2) is 98.3 Å². The van der Waals surface area contributed by atoms with Crippen molar-refractivity contribution in [3.8, 4) is 0 Å². The van der Waals surface area contributed by atoms with Crippen LogP contribution in [0.5, 0.6) is 0 Å². The van der Waals surface area contributed by atoms with Gasteiger partial charge in [0.05, 0.1) is 6.61 Å². The Hall–Kier alpha value is -3.23. The molecule has 0 spiro atoms. The Kier molecular flexibility index (Phi) is 33.2. The first-order chi connectivity index (χ1) is 29.4. The Bertz CT molecular complexity index is 1430. The smallest absolute Gasteiger partial charge is 0.462 e. The monoisotopic (exact) mass is 878 g/mol. The van der Waals surface area contributed by atoms with Gasteiger partial charge in [0.1, 0.15) is 43.2 Å². The molecule has 13 nitrogen and oxygen atoms in total. The maximum absolute atomic E-state index is 12.8. The van der Waals surface area contributed by atoms with Crippen molar-refractivity contribution < 1.29 is 63.1 Å². The molecule has 1 rings (SSSR count). The number of aliphatic hydroxyl groups excluding tert-OH is 5. The molecule has 0 aromatic rings. The van der Waals surface area contributed by atoms with Crippen molar-refractivity contribution in [1.29, 1.82) is 0 Å². The zero-order chi connectivity index (χ0) is 45.0. The van der Waals surface area contributed by atoms with E-state index in [0.717, 1.165) is 51.4 Å². The summed E-state index contributed by atoms with van der Waals surface area (Å²) >= 11 is 0. The molecule has 0 heterocycles. The minimum absolute atomic E-state index is 0.0253. The number of phosphoric ester groups is 1. The van der Waals surface area contributed by atoms with Crippen LogP contribution >= 0.6 is 7.82 Å². The fourth-order valence-electron chi connectivity index (χ4n) is 5.89. The minimum Gasteiger partial charge on any atom is -0.462 e. The van der Waals surface area contributed by atoms with E-state index in [-0.39, 0.29) is 12.8 Å². The highest BCUT2D eigenvalue weighted by Crippen LogP contribution is 2.47. The molecule has 0 bridgehead atoms. The molecule has 0 aliphatic heterocycles. The second-order valence-electron chi connectivity index (χ2n) is 14.8. The molecule has 14 heteroatoms. The fraction of sp³-hybridized carbons (Fsp3) is 0.617. The quantitative estimate of drug-likeness (QED) is 0.0156. The van der Waals surface area contributed by atoms with Gasteiger partial charge in [-0.15, -0.1) is 0 Å². The maximum atomic E-state index is 12.8. The van der Waals surface area contributed by atoms with Gasteiger partial charge in [-0.1, -0.05) is 143 Å². The number of esters is 2. The van der Waals surface area contributed by atoms with Crippen molar-refractivity contribution in [2.45, 2.75) is 172 Å². The van der Waals surface area contributed by atoms with Crippen molar-refractivity contribution in [3.63, 3.8) is 0 Å². The van der Waals surface area contributed by atoms with Crippen LogP contribution in [0.15, 0.2) is 97.2 Å². The average Bonchev–Trinajstić information content (AvgIpc) is 3.24. The molecule has 8 atom stereocenters. The molecule has 0 saturated heterocycles. The Morgan fingerprint density at radius 1 is 0.525 bits per heavy atom. The molecule has 1 saturated carbocycles. The standard InChI is InChI=1S/C47H75O13P/c1-3-5-7-9-11-13-15-17-18-19-20-21-22-24-25-27-29-31-33-35-40(48)57-37-39(38-58-61(55,56)60-47-45(53)43(51)42(50)44(52)46(47)54)59-41(49)36-34-32-30-28-26-23-16-14-12-10-8-6-4-2/h5,7,11,13,17-18,20-21,23-26,29-32,39,42-47,50-54H,3-4,6,8-10,12,14-16,19,22,27-28,33-38H2,1-2H3,(H,55,56)/b7-5+,13-11+,18-17+,21-20+,25-24+,26-23+,31-29+,32-30+/t39?,42?,43-,44?,45?,46?,47?/m0/s1. The number of hydrogen-bond acceptors (Lipinski definition) is 12.